The number of carbonyl (C=O) groups is 1. The van der Waals surface area contributed by atoms with Crippen molar-refractivity contribution in [2.75, 3.05) is 12.7 Å². The van der Waals surface area contributed by atoms with Crippen LogP contribution < -0.4 is 21.0 Å². The van der Waals surface area contributed by atoms with Crippen molar-refractivity contribution in [2.45, 2.75) is 26.2 Å². The second kappa shape index (κ2) is 12.6. The fourth-order valence-electron chi connectivity index (χ4n) is 3.65. The maximum Gasteiger partial charge on any atom is 0.203 e. The smallest absolute Gasteiger partial charge is 0.203 e. The number of carboxylic acids is 1. The number of carbonyl (C=O) groups excluding carboxylic acids is 1. The predicted molar refractivity (Wildman–Crippen MR) is 126 cm³/mol. The summed E-state index contributed by atoms with van der Waals surface area (Å²) in [5.41, 5.74) is 0. The zero-order valence-corrected chi connectivity index (χ0v) is 18.6. The van der Waals surface area contributed by atoms with Gasteiger partial charge in [-0.05, 0) is 56.2 Å². The average molecular weight is 437 g/mol. The number of hydrogen-bond acceptors (Lipinski definition) is 4. The molecule has 162 valence electrons. The molecule has 0 amide bonds. The van der Waals surface area contributed by atoms with Crippen LogP contribution in [-0.2, 0) is 4.79 Å². The minimum absolute atomic E-state index is 0.0630. The van der Waals surface area contributed by atoms with Gasteiger partial charge in [-0.2, -0.15) is 0 Å². The highest BCUT2D eigenvalue weighted by atomic mass is 31.2. The summed E-state index contributed by atoms with van der Waals surface area (Å²) in [7, 11) is -1.79. The summed E-state index contributed by atoms with van der Waals surface area (Å²) >= 11 is 0. The van der Waals surface area contributed by atoms with E-state index >= 15 is 0 Å². The first-order valence-electron chi connectivity index (χ1n) is 10.3. The van der Waals surface area contributed by atoms with E-state index in [0.29, 0.717) is 6.42 Å². The minimum atomic E-state index is -1.79. The van der Waals surface area contributed by atoms with Crippen LogP contribution in [0.25, 0.3) is 0 Å². The highest BCUT2D eigenvalue weighted by molar-refractivity contribution is 7.95. The van der Waals surface area contributed by atoms with Crippen LogP contribution in [-0.4, -0.2) is 23.6 Å². The topological polar surface area (TPSA) is 83.3 Å². The number of rotatable bonds is 9. The normalized spacial score (nSPS) is 10.6. The Balaban J connectivity index is 0.000000785. The zero-order valence-electron chi connectivity index (χ0n) is 17.7. The Morgan fingerprint density at radius 1 is 0.742 bits per heavy atom. The van der Waals surface area contributed by atoms with Crippen molar-refractivity contribution in [2.24, 2.45) is 0 Å². The number of hydrogen-bond donors (Lipinski definition) is 0. The first-order chi connectivity index (χ1) is 15.0. The third-order valence-corrected chi connectivity index (χ3v) is 9.45. The molecule has 5 nitrogen and oxygen atoms in total. The van der Waals surface area contributed by atoms with Crippen LogP contribution in [0.5, 0.6) is 0 Å². The van der Waals surface area contributed by atoms with Crippen molar-refractivity contribution < 1.29 is 14.8 Å². The van der Waals surface area contributed by atoms with Gasteiger partial charge in [0, 0.05) is 17.3 Å². The summed E-state index contributed by atoms with van der Waals surface area (Å²) in [5.74, 6) is -1.08. The highest BCUT2D eigenvalue weighted by Crippen LogP contribution is 2.55. The van der Waals surface area contributed by atoms with Crippen LogP contribution in [0.2, 0.25) is 0 Å². The van der Waals surface area contributed by atoms with E-state index in [9.17, 15) is 10.1 Å². The molecule has 0 saturated carbocycles. The van der Waals surface area contributed by atoms with Gasteiger partial charge in [-0.25, -0.2) is 0 Å². The van der Waals surface area contributed by atoms with Gasteiger partial charge >= 0.3 is 0 Å². The first-order valence-corrected chi connectivity index (χ1v) is 12.3. The second-order valence-electron chi connectivity index (χ2n) is 7.15. The van der Waals surface area contributed by atoms with Crippen molar-refractivity contribution in [1.29, 1.82) is 0 Å². The van der Waals surface area contributed by atoms with Gasteiger partial charge in [0.15, 0.2) is 0 Å². The molecule has 0 saturated heterocycles. The van der Waals surface area contributed by atoms with Crippen LogP contribution in [0.3, 0.4) is 0 Å². The molecule has 31 heavy (non-hydrogen) atoms. The lowest BCUT2D eigenvalue weighted by molar-refractivity contribution is -0.480. The van der Waals surface area contributed by atoms with Gasteiger partial charge in [-0.15, -0.1) is 0 Å². The molecule has 0 unspecified atom stereocenters. The minimum Gasteiger partial charge on any atom is -0.550 e. The fraction of sp³-hybridized carbons (Fsp3) is 0.240. The van der Waals surface area contributed by atoms with E-state index in [2.05, 4.69) is 91.0 Å². The molecule has 0 aliphatic carbocycles. The summed E-state index contributed by atoms with van der Waals surface area (Å²) in [6.07, 6.45) is 3.55. The highest BCUT2D eigenvalue weighted by Gasteiger charge is 2.44. The van der Waals surface area contributed by atoms with E-state index in [1.54, 1.807) is 0 Å². The monoisotopic (exact) mass is 437 g/mol. The summed E-state index contributed by atoms with van der Waals surface area (Å²) in [6.45, 7) is 1.04. The lowest BCUT2D eigenvalue weighted by Gasteiger charge is -2.27. The Kier molecular flexibility index (Phi) is 9.86. The number of carboxylic acid groups (broad SMARTS) is 1. The Bertz CT molecular complexity index is 833. The average Bonchev–Trinajstić information content (AvgIpc) is 2.78. The molecule has 0 radical (unpaired) electrons. The van der Waals surface area contributed by atoms with Gasteiger partial charge in [0.05, 0.1) is 6.16 Å². The molecule has 0 aromatic heterocycles. The van der Waals surface area contributed by atoms with Gasteiger partial charge in [-0.1, -0.05) is 54.6 Å². The second-order valence-corrected chi connectivity index (χ2v) is 10.8. The third kappa shape index (κ3) is 7.30. The van der Waals surface area contributed by atoms with Gasteiger partial charge in [0.1, 0.15) is 23.2 Å². The zero-order chi connectivity index (χ0) is 22.5. The molecule has 3 rings (SSSR count). The maximum atomic E-state index is 10.6. The van der Waals surface area contributed by atoms with Crippen LogP contribution in [0.15, 0.2) is 91.0 Å². The Labute approximate surface area is 184 Å². The Morgan fingerprint density at radius 2 is 1.10 bits per heavy atom. The van der Waals surface area contributed by atoms with E-state index in [4.69, 9.17) is 9.90 Å². The number of nitro groups is 1. The van der Waals surface area contributed by atoms with E-state index in [1.807, 2.05) is 0 Å². The molecule has 0 aliphatic rings. The van der Waals surface area contributed by atoms with E-state index in [1.165, 1.54) is 15.9 Å². The Hall–Kier alpha value is -3.04. The van der Waals surface area contributed by atoms with Crippen LogP contribution in [0.4, 0.5) is 0 Å². The van der Waals surface area contributed by atoms with E-state index < -0.39 is 13.2 Å². The lowest BCUT2D eigenvalue weighted by atomic mass is 10.2. The van der Waals surface area contributed by atoms with E-state index in [-0.39, 0.29) is 11.5 Å². The lowest BCUT2D eigenvalue weighted by Crippen LogP contribution is -2.33. The maximum absolute atomic E-state index is 10.6. The summed E-state index contributed by atoms with van der Waals surface area (Å²) in [6, 6.07) is 32.3. The predicted octanol–water partition coefficient (Wildman–Crippen LogP) is 3.18. The summed E-state index contributed by atoms with van der Waals surface area (Å²) < 4.78 is 0. The number of aliphatic carboxylic acids is 1. The Morgan fingerprint density at radius 3 is 1.42 bits per heavy atom. The SMILES string of the molecule is CC(=O)[O-].O=[N+]([O-])CCCCC[P+](c1ccccc1)(c1ccccc1)c1ccccc1. The van der Waals surface area contributed by atoms with Crippen molar-refractivity contribution in [3.63, 3.8) is 0 Å². The molecule has 3 aromatic rings. The van der Waals surface area contributed by atoms with E-state index in [0.717, 1.165) is 25.9 Å². The number of nitrogens with zero attached hydrogens (tertiary/aromatic N) is 1. The van der Waals surface area contributed by atoms with Gasteiger partial charge < -0.3 is 9.90 Å². The largest absolute Gasteiger partial charge is 0.550 e. The van der Waals surface area contributed by atoms with Gasteiger partial charge in [0.2, 0.25) is 6.54 Å². The first kappa shape index (κ1) is 24.2. The van der Waals surface area contributed by atoms with Crippen LogP contribution >= 0.6 is 7.26 Å². The molecule has 3 aromatic carbocycles. The van der Waals surface area contributed by atoms with Crippen LogP contribution in [0, 0.1) is 10.1 Å². The fourth-order valence-corrected chi connectivity index (χ4v) is 8.06. The van der Waals surface area contributed by atoms with Gasteiger partial charge in [0.25, 0.3) is 0 Å². The molecule has 0 aliphatic heterocycles. The summed E-state index contributed by atoms with van der Waals surface area (Å²) in [5, 5.41) is 23.6. The molecule has 0 N–H and O–H groups in total. The molecule has 6 heteroatoms. The van der Waals surface area contributed by atoms with Crippen molar-refractivity contribution in [3.8, 4) is 0 Å². The quantitative estimate of drug-likeness (QED) is 0.223. The summed E-state index contributed by atoms with van der Waals surface area (Å²) in [4.78, 5) is 19.3. The van der Waals surface area contributed by atoms with Crippen molar-refractivity contribution in [3.05, 3.63) is 101 Å². The molecule has 0 heterocycles. The third-order valence-electron chi connectivity index (χ3n) is 4.93. The molecular weight excluding hydrogens is 409 g/mol. The van der Waals surface area contributed by atoms with Crippen molar-refractivity contribution in [1.82, 2.24) is 0 Å². The molecule has 0 spiro atoms. The standard InChI is InChI=1S/C23H25NO2P.C2H4O2/c25-24(26)19-11-4-12-20-27(21-13-5-1-6-14-21,22-15-7-2-8-16-22)23-17-9-3-10-18-23;1-2(3)4/h1-3,5-10,13-18H,4,11-12,19-20H2;1H3,(H,3,4)/q+1;/p-1. The molecule has 0 bridgehead atoms. The number of unbranched alkanes of at least 4 members (excludes halogenated alkanes) is 2. The molecule has 0 fully saturated rings. The molecule has 0 atom stereocenters. The van der Waals surface area contributed by atoms with Crippen molar-refractivity contribution >= 4 is 29.1 Å². The molecular formula is C25H28NO4P. The van der Waals surface area contributed by atoms with Crippen LogP contribution in [0.1, 0.15) is 26.2 Å². The number of benzene rings is 3. The van der Waals surface area contributed by atoms with Gasteiger partial charge in [-0.3, -0.25) is 10.1 Å².